The maximum Gasteiger partial charge on any atom is 0.0540 e. The lowest BCUT2D eigenvalue weighted by atomic mass is 9.91. The van der Waals surface area contributed by atoms with E-state index in [0.717, 1.165) is 17.1 Å². The van der Waals surface area contributed by atoms with Crippen molar-refractivity contribution in [2.24, 2.45) is 0 Å². The Bertz CT molecular complexity index is 3300. The van der Waals surface area contributed by atoms with Gasteiger partial charge in [-0.25, -0.2) is 0 Å². The molecule has 0 aliphatic rings. The summed E-state index contributed by atoms with van der Waals surface area (Å²) >= 11 is 0. The van der Waals surface area contributed by atoms with Crippen molar-refractivity contribution in [3.63, 3.8) is 0 Å². The lowest BCUT2D eigenvalue weighted by molar-refractivity contribution is 1.30. The second kappa shape index (κ2) is 15.6. The fourth-order valence-corrected chi connectivity index (χ4v) is 9.12. The van der Waals surface area contributed by atoms with Crippen molar-refractivity contribution < 1.29 is 0 Å². The van der Waals surface area contributed by atoms with Gasteiger partial charge in [0.15, 0.2) is 0 Å². The first-order valence-corrected chi connectivity index (χ1v) is 21.0. The van der Waals surface area contributed by atoms with E-state index < -0.39 is 0 Å². The third-order valence-electron chi connectivity index (χ3n) is 12.1. The Morgan fingerprint density at radius 1 is 0.213 bits per heavy atom. The molecule has 11 aromatic rings. The van der Waals surface area contributed by atoms with Gasteiger partial charge in [0.05, 0.1) is 5.69 Å². The summed E-state index contributed by atoms with van der Waals surface area (Å²) in [5.41, 5.74) is 15.5. The van der Waals surface area contributed by atoms with Crippen LogP contribution >= 0.6 is 0 Å². The SMILES string of the molecule is c1ccc(-c2ccc(N(c3ccc(-c4ccc(-c5cccc6cccc(-c7ccccc7)c56)cc4)cc3)c3ccc(-c4cccc5ccccc45)c4ccccc34)cc2)cc1. The fraction of sp³-hybridized carbons (Fsp3) is 0. The van der Waals surface area contributed by atoms with Gasteiger partial charge in [0, 0.05) is 16.8 Å². The van der Waals surface area contributed by atoms with Crippen molar-refractivity contribution in [1.29, 1.82) is 0 Å². The van der Waals surface area contributed by atoms with Crippen LogP contribution in [0.25, 0.3) is 88.0 Å². The van der Waals surface area contributed by atoms with Crippen molar-refractivity contribution in [2.75, 3.05) is 4.90 Å². The van der Waals surface area contributed by atoms with Gasteiger partial charge in [0.1, 0.15) is 0 Å². The normalized spacial score (nSPS) is 11.3. The smallest absolute Gasteiger partial charge is 0.0540 e. The summed E-state index contributed by atoms with van der Waals surface area (Å²) < 4.78 is 0. The van der Waals surface area contributed by atoms with Crippen LogP contribution in [0.3, 0.4) is 0 Å². The maximum atomic E-state index is 2.40. The van der Waals surface area contributed by atoms with Gasteiger partial charge in [-0.2, -0.15) is 0 Å². The molecule has 0 amide bonds. The van der Waals surface area contributed by atoms with Crippen LogP contribution in [0.2, 0.25) is 0 Å². The fourth-order valence-electron chi connectivity index (χ4n) is 9.12. The summed E-state index contributed by atoms with van der Waals surface area (Å²) in [7, 11) is 0. The van der Waals surface area contributed by atoms with Crippen LogP contribution in [0.5, 0.6) is 0 Å². The zero-order chi connectivity index (χ0) is 40.5. The number of hydrogen-bond donors (Lipinski definition) is 0. The van der Waals surface area contributed by atoms with E-state index in [4.69, 9.17) is 0 Å². The number of benzene rings is 11. The van der Waals surface area contributed by atoms with Crippen LogP contribution in [0, 0.1) is 0 Å². The molecule has 0 N–H and O–H groups in total. The van der Waals surface area contributed by atoms with Crippen LogP contribution in [-0.2, 0) is 0 Å². The predicted molar refractivity (Wildman–Crippen MR) is 261 cm³/mol. The van der Waals surface area contributed by atoms with Crippen molar-refractivity contribution in [3.8, 4) is 55.6 Å². The molecule has 0 radical (unpaired) electrons. The summed E-state index contributed by atoms with van der Waals surface area (Å²) in [6.07, 6.45) is 0. The molecular weight excluding hydrogens is 735 g/mol. The minimum Gasteiger partial charge on any atom is -0.310 e. The van der Waals surface area contributed by atoms with E-state index in [9.17, 15) is 0 Å². The van der Waals surface area contributed by atoms with Crippen LogP contribution in [0.4, 0.5) is 17.1 Å². The minimum absolute atomic E-state index is 1.10. The molecule has 1 nitrogen and oxygen atoms in total. The molecule has 0 heterocycles. The number of fused-ring (bicyclic) bond motifs is 3. The maximum absolute atomic E-state index is 2.40. The average molecular weight is 776 g/mol. The molecule has 0 aliphatic heterocycles. The molecule has 0 atom stereocenters. The molecule has 0 aliphatic carbocycles. The Morgan fingerprint density at radius 2 is 0.607 bits per heavy atom. The van der Waals surface area contributed by atoms with E-state index in [1.807, 2.05) is 0 Å². The number of nitrogens with zero attached hydrogens (tertiary/aromatic N) is 1. The van der Waals surface area contributed by atoms with E-state index in [0.29, 0.717) is 0 Å². The topological polar surface area (TPSA) is 3.24 Å². The second-order valence-corrected chi connectivity index (χ2v) is 15.7. The highest BCUT2D eigenvalue weighted by atomic mass is 15.1. The second-order valence-electron chi connectivity index (χ2n) is 15.7. The van der Waals surface area contributed by atoms with Crippen molar-refractivity contribution in [1.82, 2.24) is 0 Å². The molecule has 0 fully saturated rings. The Balaban J connectivity index is 0.988. The Morgan fingerprint density at radius 3 is 1.21 bits per heavy atom. The Hall–Kier alpha value is -8.00. The summed E-state index contributed by atoms with van der Waals surface area (Å²) in [6.45, 7) is 0. The number of rotatable bonds is 8. The monoisotopic (exact) mass is 775 g/mol. The standard InChI is InChI=1S/C60H41N/c1-3-14-42(15-4-1)44-32-36-50(37-33-44)61(59-41-40-57(56-23-9-10-24-58(56)59)55-27-11-19-46-18-7-8-22-52(46)55)51-38-34-45(35-39-51)43-28-30-48(31-29-43)54-26-13-21-49-20-12-25-53(60(49)54)47-16-5-2-6-17-47/h1-41H. The lowest BCUT2D eigenvalue weighted by Crippen LogP contribution is -2.10. The van der Waals surface area contributed by atoms with Gasteiger partial charge in [-0.05, 0) is 113 Å². The Labute approximate surface area is 357 Å². The van der Waals surface area contributed by atoms with Gasteiger partial charge < -0.3 is 4.90 Å². The number of hydrogen-bond acceptors (Lipinski definition) is 1. The highest BCUT2D eigenvalue weighted by molar-refractivity contribution is 6.11. The quantitative estimate of drug-likeness (QED) is 0.149. The average Bonchev–Trinajstić information content (AvgIpc) is 3.34. The summed E-state index contributed by atoms with van der Waals surface area (Å²) in [6, 6.07) is 90.3. The van der Waals surface area contributed by atoms with Gasteiger partial charge in [0.2, 0.25) is 0 Å². The van der Waals surface area contributed by atoms with Gasteiger partial charge in [-0.1, -0.05) is 218 Å². The van der Waals surface area contributed by atoms with Crippen LogP contribution in [0.1, 0.15) is 0 Å². The lowest BCUT2D eigenvalue weighted by Gasteiger charge is -2.28. The first kappa shape index (κ1) is 36.1. The molecule has 1 heteroatoms. The van der Waals surface area contributed by atoms with Crippen molar-refractivity contribution in [2.45, 2.75) is 0 Å². The van der Waals surface area contributed by atoms with Gasteiger partial charge in [-0.15, -0.1) is 0 Å². The predicted octanol–water partition coefficient (Wildman–Crippen LogP) is 17.0. The van der Waals surface area contributed by atoms with Gasteiger partial charge in [-0.3, -0.25) is 0 Å². The van der Waals surface area contributed by atoms with E-state index in [1.54, 1.807) is 0 Å². The number of anilines is 3. The first-order chi connectivity index (χ1) is 30.3. The van der Waals surface area contributed by atoms with Crippen molar-refractivity contribution >= 4 is 49.4 Å². The molecule has 11 aromatic carbocycles. The highest BCUT2D eigenvalue weighted by Gasteiger charge is 2.19. The van der Waals surface area contributed by atoms with Crippen LogP contribution in [0.15, 0.2) is 249 Å². The molecule has 0 bridgehead atoms. The summed E-state index contributed by atoms with van der Waals surface area (Å²) in [5, 5.41) is 7.45. The minimum atomic E-state index is 1.10. The van der Waals surface area contributed by atoms with E-state index in [-0.39, 0.29) is 0 Å². The zero-order valence-corrected chi connectivity index (χ0v) is 33.6. The van der Waals surface area contributed by atoms with E-state index in [2.05, 4.69) is 254 Å². The molecule has 61 heavy (non-hydrogen) atoms. The van der Waals surface area contributed by atoms with E-state index in [1.165, 1.54) is 88.0 Å². The van der Waals surface area contributed by atoms with Crippen LogP contribution in [-0.4, -0.2) is 0 Å². The highest BCUT2D eigenvalue weighted by Crippen LogP contribution is 2.44. The largest absolute Gasteiger partial charge is 0.310 e. The molecule has 286 valence electrons. The van der Waals surface area contributed by atoms with E-state index >= 15 is 0 Å². The molecule has 0 aromatic heterocycles. The van der Waals surface area contributed by atoms with Crippen LogP contribution < -0.4 is 4.90 Å². The Kier molecular flexibility index (Phi) is 9.26. The summed E-state index contributed by atoms with van der Waals surface area (Å²) in [5.74, 6) is 0. The van der Waals surface area contributed by atoms with Gasteiger partial charge in [0.25, 0.3) is 0 Å². The zero-order valence-electron chi connectivity index (χ0n) is 33.6. The molecule has 0 saturated carbocycles. The molecular formula is C60H41N. The first-order valence-electron chi connectivity index (χ1n) is 21.0. The molecule has 11 rings (SSSR count). The third kappa shape index (κ3) is 6.73. The van der Waals surface area contributed by atoms with Crippen molar-refractivity contribution in [3.05, 3.63) is 249 Å². The molecule has 0 spiro atoms. The summed E-state index contributed by atoms with van der Waals surface area (Å²) in [4.78, 5) is 2.40. The molecule has 0 saturated heterocycles. The third-order valence-corrected chi connectivity index (χ3v) is 12.1. The van der Waals surface area contributed by atoms with Gasteiger partial charge >= 0.3 is 0 Å². The molecule has 0 unspecified atom stereocenters.